The fourth-order valence-corrected chi connectivity index (χ4v) is 0.383. The normalized spacial score (nSPS) is 7.50. The Kier molecular flexibility index (Phi) is 3.21. The van der Waals surface area contributed by atoms with Gasteiger partial charge in [-0.25, -0.2) is 0 Å². The Morgan fingerprint density at radius 1 is 1.00 bits per heavy atom. The van der Waals surface area contributed by atoms with Gasteiger partial charge in [0.25, 0.3) is 0 Å². The predicted molar refractivity (Wildman–Crippen MR) is 25.4 cm³/mol. The topological polar surface area (TPSA) is 26.9 Å². The molecule has 0 aliphatic heterocycles. The third-order valence-corrected chi connectivity index (χ3v) is 0.688. The molecule has 0 aliphatic carbocycles. The molecule has 2 nitrogen and oxygen atoms in total. The van der Waals surface area contributed by atoms with E-state index in [2.05, 4.69) is 0 Å². The molecule has 0 spiro atoms. The van der Waals surface area contributed by atoms with Gasteiger partial charge >= 0.3 is 0 Å². The second kappa shape index (κ2) is 3.45. The van der Waals surface area contributed by atoms with Crippen LogP contribution >= 0.6 is 0 Å². The van der Waals surface area contributed by atoms with Crippen LogP contribution in [0.25, 0.3) is 0 Å². The van der Waals surface area contributed by atoms with E-state index >= 15 is 0 Å². The molecule has 0 aromatic carbocycles. The van der Waals surface area contributed by atoms with Crippen molar-refractivity contribution < 1.29 is 21.2 Å². The van der Waals surface area contributed by atoms with E-state index in [0.717, 1.165) is 4.73 Å². The molecule has 1 aromatic heterocycles. The summed E-state index contributed by atoms with van der Waals surface area (Å²) in [4.78, 5) is 0. The van der Waals surface area contributed by atoms with E-state index in [0.29, 0.717) is 0 Å². The molecule has 1 heterocycles. The van der Waals surface area contributed by atoms with E-state index in [1.165, 1.54) is 12.4 Å². The van der Waals surface area contributed by atoms with Gasteiger partial charge in [-0.1, -0.05) is 6.07 Å². The molecule has 0 radical (unpaired) electrons. The van der Waals surface area contributed by atoms with Crippen molar-refractivity contribution in [2.45, 2.75) is 0 Å². The fraction of sp³-hybridized carbons (Fsp3) is 0. The molecule has 0 aliphatic rings. The smallest absolute Gasteiger partial charge is 0.180 e. The van der Waals surface area contributed by atoms with Gasteiger partial charge < -0.3 is 5.21 Å². The van der Waals surface area contributed by atoms with Crippen molar-refractivity contribution in [1.29, 1.82) is 0 Å². The zero-order chi connectivity index (χ0) is 5.11. The molecule has 0 saturated heterocycles. The summed E-state index contributed by atoms with van der Waals surface area (Å²) in [5.74, 6) is 0. The summed E-state index contributed by atoms with van der Waals surface area (Å²) >= 11 is 0. The Bertz CT molecular complexity index is 142. The van der Waals surface area contributed by atoms with Crippen LogP contribution in [0, 0.1) is 5.21 Å². The van der Waals surface area contributed by atoms with Crippen LogP contribution in [-0.4, -0.2) is 0 Å². The molecule has 0 fully saturated rings. The van der Waals surface area contributed by atoms with Gasteiger partial charge in [0, 0.05) is 28.6 Å². The first-order chi connectivity index (χ1) is 3.39. The van der Waals surface area contributed by atoms with E-state index in [1.807, 2.05) is 0 Å². The maximum absolute atomic E-state index is 10.2. The molecule has 0 atom stereocenters. The molecule has 0 N–H and O–H groups in total. The summed E-state index contributed by atoms with van der Waals surface area (Å²) < 4.78 is 0.750. The third kappa shape index (κ3) is 1.94. The average molecular weight is 154 g/mol. The molecule has 0 unspecified atom stereocenters. The fourth-order valence-electron chi connectivity index (χ4n) is 0.383. The first-order valence-electron chi connectivity index (χ1n) is 2.03. The zero-order valence-electron chi connectivity index (χ0n) is 4.06. The Balaban J connectivity index is 0.000000490. The minimum Gasteiger partial charge on any atom is -0.619 e. The minimum atomic E-state index is 0. The summed E-state index contributed by atoms with van der Waals surface area (Å²) in [5, 5.41) is 10.2. The van der Waals surface area contributed by atoms with Gasteiger partial charge in [-0.2, -0.15) is 4.73 Å². The zero-order valence-corrected chi connectivity index (χ0v) is 5.05. The summed E-state index contributed by atoms with van der Waals surface area (Å²) in [6.07, 6.45) is 2.89. The van der Waals surface area contributed by atoms with Crippen molar-refractivity contribution >= 4 is 0 Å². The quantitative estimate of drug-likeness (QED) is 0.300. The summed E-state index contributed by atoms with van der Waals surface area (Å²) in [6.45, 7) is 0. The van der Waals surface area contributed by atoms with Gasteiger partial charge in [0.05, 0.1) is 0 Å². The standard InChI is InChI=1S/C5H5NO.Ni/c7-6-4-2-1-3-5-6;/h1-5H;. The van der Waals surface area contributed by atoms with Crippen molar-refractivity contribution in [3.63, 3.8) is 0 Å². The van der Waals surface area contributed by atoms with E-state index < -0.39 is 0 Å². The molecule has 8 heavy (non-hydrogen) atoms. The molecule has 3 heteroatoms. The predicted octanol–water partition coefficient (Wildman–Crippen LogP) is 0.318. The van der Waals surface area contributed by atoms with Crippen LogP contribution in [0.4, 0.5) is 0 Å². The van der Waals surface area contributed by atoms with Crippen LogP contribution in [0.3, 0.4) is 0 Å². The Morgan fingerprint density at radius 2 is 1.50 bits per heavy atom. The van der Waals surface area contributed by atoms with Crippen LogP contribution in [0.15, 0.2) is 30.6 Å². The van der Waals surface area contributed by atoms with E-state index in [9.17, 15) is 5.21 Å². The Hall–Kier alpha value is -0.556. The molecular weight excluding hydrogens is 149 g/mol. The molecule has 46 valence electrons. The van der Waals surface area contributed by atoms with Gasteiger partial charge in [0.2, 0.25) is 0 Å². The van der Waals surface area contributed by atoms with Crippen LogP contribution in [0.1, 0.15) is 0 Å². The van der Waals surface area contributed by atoms with Crippen LogP contribution < -0.4 is 4.73 Å². The minimum absolute atomic E-state index is 0. The molecule has 0 amide bonds. The number of pyridine rings is 1. The number of aromatic nitrogens is 1. The van der Waals surface area contributed by atoms with Gasteiger partial charge in [-0.15, -0.1) is 0 Å². The average Bonchev–Trinajstić information content (AvgIpc) is 1.69. The van der Waals surface area contributed by atoms with Gasteiger partial charge in [0.15, 0.2) is 12.4 Å². The van der Waals surface area contributed by atoms with Crippen LogP contribution in [0.2, 0.25) is 0 Å². The van der Waals surface area contributed by atoms with E-state index in [-0.39, 0.29) is 16.5 Å². The van der Waals surface area contributed by atoms with E-state index in [1.54, 1.807) is 18.2 Å². The summed E-state index contributed by atoms with van der Waals surface area (Å²) in [7, 11) is 0. The van der Waals surface area contributed by atoms with Crippen molar-refractivity contribution in [2.75, 3.05) is 0 Å². The number of hydrogen-bond donors (Lipinski definition) is 0. The molecule has 0 bridgehead atoms. The van der Waals surface area contributed by atoms with Gasteiger partial charge in [0.1, 0.15) is 0 Å². The third-order valence-electron chi connectivity index (χ3n) is 0.688. The van der Waals surface area contributed by atoms with Gasteiger partial charge in [-0.05, 0) is 0 Å². The molecule has 1 rings (SSSR count). The Morgan fingerprint density at radius 3 is 1.75 bits per heavy atom. The second-order valence-corrected chi connectivity index (χ2v) is 1.24. The van der Waals surface area contributed by atoms with Crippen molar-refractivity contribution in [2.24, 2.45) is 0 Å². The summed E-state index contributed by atoms with van der Waals surface area (Å²) in [6, 6.07) is 5.18. The number of hydrogen-bond acceptors (Lipinski definition) is 1. The van der Waals surface area contributed by atoms with Crippen molar-refractivity contribution in [3.8, 4) is 0 Å². The molecular formula is C5H5NNiO. The number of nitrogens with zero attached hydrogens (tertiary/aromatic N) is 1. The second-order valence-electron chi connectivity index (χ2n) is 1.24. The maximum atomic E-state index is 10.2. The SMILES string of the molecule is [Ni].[O-][n+]1ccccc1. The van der Waals surface area contributed by atoms with Crippen molar-refractivity contribution in [3.05, 3.63) is 35.8 Å². The molecule has 1 aromatic rings. The largest absolute Gasteiger partial charge is 0.619 e. The van der Waals surface area contributed by atoms with E-state index in [4.69, 9.17) is 0 Å². The van der Waals surface area contributed by atoms with Crippen molar-refractivity contribution in [1.82, 2.24) is 0 Å². The van der Waals surface area contributed by atoms with Crippen LogP contribution in [-0.2, 0) is 16.5 Å². The van der Waals surface area contributed by atoms with Crippen LogP contribution in [0.5, 0.6) is 0 Å². The molecule has 0 saturated carbocycles. The monoisotopic (exact) mass is 153 g/mol. The maximum Gasteiger partial charge on any atom is 0.180 e. The van der Waals surface area contributed by atoms with Gasteiger partial charge in [-0.3, -0.25) is 0 Å². The summed E-state index contributed by atoms with van der Waals surface area (Å²) in [5.41, 5.74) is 0. The Labute approximate surface area is 57.7 Å². The first-order valence-corrected chi connectivity index (χ1v) is 2.03. The first kappa shape index (κ1) is 7.44. The number of rotatable bonds is 0.